The largest absolute Gasteiger partial charge is 0.435 e. The summed E-state index contributed by atoms with van der Waals surface area (Å²) in [6.45, 7) is 0. The van der Waals surface area contributed by atoms with E-state index in [1.807, 2.05) is 54.6 Å². The first kappa shape index (κ1) is 13.1. The van der Waals surface area contributed by atoms with Gasteiger partial charge in [-0.3, -0.25) is 0 Å². The van der Waals surface area contributed by atoms with Crippen molar-refractivity contribution in [1.29, 1.82) is 0 Å². The first-order chi connectivity index (χ1) is 11.9. The first-order valence-corrected chi connectivity index (χ1v) is 7.78. The highest BCUT2D eigenvalue weighted by atomic mass is 16.3. The van der Waals surface area contributed by atoms with Crippen molar-refractivity contribution in [3.63, 3.8) is 0 Å². The summed E-state index contributed by atoms with van der Waals surface area (Å²) in [5.74, 6) is 0.536. The molecule has 0 bridgehead atoms. The Morgan fingerprint density at radius 1 is 0.750 bits per heavy atom. The molecule has 0 unspecified atom stereocenters. The number of fused-ring (bicyclic) bond motifs is 2. The van der Waals surface area contributed by atoms with Gasteiger partial charge in [0.1, 0.15) is 11.2 Å². The molecule has 2 aromatic carbocycles. The van der Waals surface area contributed by atoms with E-state index in [4.69, 9.17) is 9.40 Å². The van der Waals surface area contributed by atoms with E-state index in [2.05, 4.69) is 28.2 Å². The average molecular weight is 311 g/mol. The van der Waals surface area contributed by atoms with Gasteiger partial charge in [-0.05, 0) is 36.4 Å². The molecule has 3 heterocycles. The highest BCUT2D eigenvalue weighted by Crippen LogP contribution is 2.27. The third-order valence-corrected chi connectivity index (χ3v) is 4.07. The molecule has 0 aliphatic heterocycles. The number of benzene rings is 2. The van der Waals surface area contributed by atoms with Gasteiger partial charge in [0.2, 0.25) is 5.89 Å². The van der Waals surface area contributed by atoms with Gasteiger partial charge < -0.3 is 9.40 Å². The Labute approximate surface area is 137 Å². The van der Waals surface area contributed by atoms with Crippen LogP contribution in [0.3, 0.4) is 0 Å². The van der Waals surface area contributed by atoms with Gasteiger partial charge >= 0.3 is 0 Å². The standard InChI is InChI=1S/C20H13N3O/c1-2-7-14-13(6-1)12-18(21-14)15-9-5-10-17(22-15)20-23-16-8-3-4-11-19(16)24-20/h1-12,21H. The second kappa shape index (κ2) is 5.06. The smallest absolute Gasteiger partial charge is 0.246 e. The number of hydrogen-bond donors (Lipinski definition) is 1. The number of rotatable bonds is 2. The predicted octanol–water partition coefficient (Wildman–Crippen LogP) is 5.04. The number of H-pyrrole nitrogens is 1. The molecule has 1 N–H and O–H groups in total. The Hall–Kier alpha value is -3.40. The van der Waals surface area contributed by atoms with Crippen molar-refractivity contribution in [2.24, 2.45) is 0 Å². The van der Waals surface area contributed by atoms with Crippen molar-refractivity contribution >= 4 is 22.0 Å². The highest BCUT2D eigenvalue weighted by Gasteiger charge is 2.11. The van der Waals surface area contributed by atoms with E-state index in [9.17, 15) is 0 Å². The third-order valence-electron chi connectivity index (χ3n) is 4.07. The zero-order valence-electron chi connectivity index (χ0n) is 12.7. The zero-order chi connectivity index (χ0) is 15.9. The minimum absolute atomic E-state index is 0.536. The molecule has 4 nitrogen and oxygen atoms in total. The minimum atomic E-state index is 0.536. The fraction of sp³-hybridized carbons (Fsp3) is 0. The van der Waals surface area contributed by atoms with Gasteiger partial charge in [-0.15, -0.1) is 0 Å². The van der Waals surface area contributed by atoms with E-state index in [1.165, 1.54) is 5.39 Å². The van der Waals surface area contributed by atoms with E-state index < -0.39 is 0 Å². The van der Waals surface area contributed by atoms with Crippen LogP contribution in [0.5, 0.6) is 0 Å². The Morgan fingerprint density at radius 3 is 2.50 bits per heavy atom. The van der Waals surface area contributed by atoms with Crippen LogP contribution in [0, 0.1) is 0 Å². The van der Waals surface area contributed by atoms with Crippen molar-refractivity contribution < 1.29 is 4.42 Å². The molecule has 4 heteroatoms. The van der Waals surface area contributed by atoms with Crippen molar-refractivity contribution in [3.8, 4) is 23.0 Å². The van der Waals surface area contributed by atoms with Crippen LogP contribution in [0.2, 0.25) is 0 Å². The van der Waals surface area contributed by atoms with Crippen molar-refractivity contribution in [2.45, 2.75) is 0 Å². The van der Waals surface area contributed by atoms with Gasteiger partial charge in [-0.2, -0.15) is 0 Å². The molecule has 0 aliphatic rings. The summed E-state index contributed by atoms with van der Waals surface area (Å²) in [7, 11) is 0. The molecule has 0 radical (unpaired) electrons. The molecule has 5 rings (SSSR count). The predicted molar refractivity (Wildman–Crippen MR) is 94.5 cm³/mol. The van der Waals surface area contributed by atoms with Crippen molar-refractivity contribution in [3.05, 3.63) is 72.8 Å². The number of para-hydroxylation sites is 3. The Morgan fingerprint density at radius 2 is 1.58 bits per heavy atom. The molecule has 0 fully saturated rings. The molecule has 0 atom stereocenters. The Kier molecular flexibility index (Phi) is 2.76. The molecule has 5 aromatic rings. The summed E-state index contributed by atoms with van der Waals surface area (Å²) < 4.78 is 5.82. The fourth-order valence-electron chi connectivity index (χ4n) is 2.90. The Balaban J connectivity index is 1.62. The van der Waals surface area contributed by atoms with Gasteiger partial charge in [0.05, 0.1) is 11.4 Å². The van der Waals surface area contributed by atoms with E-state index >= 15 is 0 Å². The summed E-state index contributed by atoms with van der Waals surface area (Å²) in [4.78, 5) is 12.6. The topological polar surface area (TPSA) is 54.7 Å². The molecule has 0 spiro atoms. The van der Waals surface area contributed by atoms with E-state index in [-0.39, 0.29) is 0 Å². The van der Waals surface area contributed by atoms with Crippen LogP contribution in [0.1, 0.15) is 0 Å². The maximum absolute atomic E-state index is 5.82. The lowest BCUT2D eigenvalue weighted by molar-refractivity contribution is 0.617. The lowest BCUT2D eigenvalue weighted by Crippen LogP contribution is -1.87. The van der Waals surface area contributed by atoms with Crippen LogP contribution in [-0.2, 0) is 0 Å². The number of pyridine rings is 1. The number of nitrogens with zero attached hydrogens (tertiary/aromatic N) is 2. The molecule has 114 valence electrons. The number of hydrogen-bond acceptors (Lipinski definition) is 3. The molecule has 0 saturated carbocycles. The molecule has 3 aromatic heterocycles. The van der Waals surface area contributed by atoms with E-state index in [1.54, 1.807) is 0 Å². The van der Waals surface area contributed by atoms with Crippen LogP contribution in [0.15, 0.2) is 77.2 Å². The zero-order valence-corrected chi connectivity index (χ0v) is 12.7. The molecular weight excluding hydrogens is 298 g/mol. The molecule has 0 aliphatic carbocycles. The maximum atomic E-state index is 5.82. The number of aromatic amines is 1. The van der Waals surface area contributed by atoms with Gasteiger partial charge in [-0.25, -0.2) is 9.97 Å². The molecule has 0 amide bonds. The normalized spacial score (nSPS) is 11.3. The van der Waals surface area contributed by atoms with Gasteiger partial charge in [0.15, 0.2) is 5.58 Å². The number of oxazole rings is 1. The van der Waals surface area contributed by atoms with Crippen molar-refractivity contribution in [2.75, 3.05) is 0 Å². The lowest BCUT2D eigenvalue weighted by Gasteiger charge is -1.99. The Bertz CT molecular complexity index is 1010. The van der Waals surface area contributed by atoms with Crippen LogP contribution in [0.4, 0.5) is 0 Å². The van der Waals surface area contributed by atoms with E-state index in [0.717, 1.165) is 33.7 Å². The third kappa shape index (κ3) is 2.08. The van der Waals surface area contributed by atoms with Gasteiger partial charge in [0.25, 0.3) is 0 Å². The van der Waals surface area contributed by atoms with Crippen LogP contribution in [-0.4, -0.2) is 15.0 Å². The molecular formula is C20H13N3O. The summed E-state index contributed by atoms with van der Waals surface area (Å²) in [5.41, 5.74) is 5.28. The first-order valence-electron chi connectivity index (χ1n) is 7.78. The van der Waals surface area contributed by atoms with Gasteiger partial charge in [0, 0.05) is 10.9 Å². The fourth-order valence-corrected chi connectivity index (χ4v) is 2.90. The summed E-state index contributed by atoms with van der Waals surface area (Å²) in [6.07, 6.45) is 0. The van der Waals surface area contributed by atoms with Crippen LogP contribution >= 0.6 is 0 Å². The monoisotopic (exact) mass is 311 g/mol. The SMILES string of the molecule is c1cc(-c2cc3ccccc3[nH]2)nc(-c2nc3ccccc3o2)c1. The molecule has 0 saturated heterocycles. The number of nitrogens with one attached hydrogen (secondary N) is 1. The van der Waals surface area contributed by atoms with Gasteiger partial charge in [-0.1, -0.05) is 36.4 Å². The van der Waals surface area contributed by atoms with E-state index in [0.29, 0.717) is 5.89 Å². The molecule has 24 heavy (non-hydrogen) atoms. The summed E-state index contributed by atoms with van der Waals surface area (Å²) >= 11 is 0. The maximum Gasteiger partial charge on any atom is 0.246 e. The van der Waals surface area contributed by atoms with Crippen LogP contribution < -0.4 is 0 Å². The second-order valence-corrected chi connectivity index (χ2v) is 5.67. The highest BCUT2D eigenvalue weighted by molar-refractivity contribution is 5.85. The average Bonchev–Trinajstić information content (AvgIpc) is 3.26. The number of aromatic nitrogens is 3. The van der Waals surface area contributed by atoms with Crippen molar-refractivity contribution in [1.82, 2.24) is 15.0 Å². The minimum Gasteiger partial charge on any atom is -0.435 e. The van der Waals surface area contributed by atoms with Crippen LogP contribution in [0.25, 0.3) is 45.0 Å². The summed E-state index contributed by atoms with van der Waals surface area (Å²) in [6, 6.07) is 23.9. The lowest BCUT2D eigenvalue weighted by atomic mass is 10.2. The second-order valence-electron chi connectivity index (χ2n) is 5.67. The summed E-state index contributed by atoms with van der Waals surface area (Å²) in [5, 5.41) is 1.17. The quantitative estimate of drug-likeness (QED) is 0.497.